The predicted octanol–water partition coefficient (Wildman–Crippen LogP) is 2.32. The van der Waals surface area contributed by atoms with Crippen molar-refractivity contribution >= 4 is 11.9 Å². The van der Waals surface area contributed by atoms with Crippen LogP contribution >= 0.6 is 0 Å². The van der Waals surface area contributed by atoms with Crippen LogP contribution in [0.2, 0.25) is 0 Å². The second kappa shape index (κ2) is 6.82. The molecule has 0 unspecified atom stereocenters. The second-order valence-corrected chi connectivity index (χ2v) is 5.59. The molecule has 0 aliphatic carbocycles. The van der Waals surface area contributed by atoms with Gasteiger partial charge in [0.25, 0.3) is 0 Å². The number of esters is 1. The summed E-state index contributed by atoms with van der Waals surface area (Å²) in [5.74, 6) is -0.294. The van der Waals surface area contributed by atoms with Crippen LogP contribution in [0.15, 0.2) is 28.8 Å². The molecule has 0 N–H and O–H groups in total. The van der Waals surface area contributed by atoms with Gasteiger partial charge in [0.05, 0.1) is 25.8 Å². The monoisotopic (exact) mass is 332 g/mol. The molecular weight excluding hydrogens is 315 g/mol. The van der Waals surface area contributed by atoms with Gasteiger partial charge in [-0.25, -0.2) is 4.39 Å². The molecule has 1 amide bonds. The Morgan fingerprint density at radius 3 is 2.75 bits per heavy atom. The Labute approximate surface area is 138 Å². The van der Waals surface area contributed by atoms with Crippen LogP contribution in [0.5, 0.6) is 0 Å². The SMILES string of the molecule is COC(=O)CCC(=O)N1CCc2noc(-c3ccc(F)cc3)c2C1. The first-order valence-corrected chi connectivity index (χ1v) is 7.66. The molecule has 0 saturated heterocycles. The van der Waals surface area contributed by atoms with E-state index in [1.807, 2.05) is 0 Å². The van der Waals surface area contributed by atoms with Gasteiger partial charge in [0.15, 0.2) is 5.76 Å². The molecule has 2 heterocycles. The number of nitrogens with zero attached hydrogens (tertiary/aromatic N) is 2. The number of rotatable bonds is 4. The lowest BCUT2D eigenvalue weighted by Crippen LogP contribution is -2.36. The van der Waals surface area contributed by atoms with Gasteiger partial charge < -0.3 is 14.2 Å². The Morgan fingerprint density at radius 2 is 2.04 bits per heavy atom. The average molecular weight is 332 g/mol. The van der Waals surface area contributed by atoms with Crippen LogP contribution in [0.1, 0.15) is 24.1 Å². The van der Waals surface area contributed by atoms with Gasteiger partial charge in [-0.3, -0.25) is 9.59 Å². The van der Waals surface area contributed by atoms with Crippen molar-refractivity contribution in [2.75, 3.05) is 13.7 Å². The van der Waals surface area contributed by atoms with Gasteiger partial charge in [-0.15, -0.1) is 0 Å². The minimum Gasteiger partial charge on any atom is -0.469 e. The Bertz CT molecular complexity index is 754. The highest BCUT2D eigenvalue weighted by molar-refractivity contribution is 5.81. The highest BCUT2D eigenvalue weighted by Gasteiger charge is 2.27. The van der Waals surface area contributed by atoms with Crippen molar-refractivity contribution < 1.29 is 23.2 Å². The summed E-state index contributed by atoms with van der Waals surface area (Å²) < 4.78 is 23.0. The van der Waals surface area contributed by atoms with E-state index in [9.17, 15) is 14.0 Å². The summed E-state index contributed by atoms with van der Waals surface area (Å²) >= 11 is 0. The van der Waals surface area contributed by atoms with Gasteiger partial charge in [-0.2, -0.15) is 0 Å². The number of carbonyl (C=O) groups excluding carboxylic acids is 2. The van der Waals surface area contributed by atoms with Gasteiger partial charge >= 0.3 is 5.97 Å². The largest absolute Gasteiger partial charge is 0.469 e. The molecular formula is C17H17FN2O4. The Morgan fingerprint density at radius 1 is 1.29 bits per heavy atom. The summed E-state index contributed by atoms with van der Waals surface area (Å²) in [6, 6.07) is 5.95. The Hall–Kier alpha value is -2.70. The molecule has 1 aromatic heterocycles. The average Bonchev–Trinajstić information content (AvgIpc) is 3.03. The molecule has 0 atom stereocenters. The first-order valence-electron chi connectivity index (χ1n) is 7.66. The van der Waals surface area contributed by atoms with Gasteiger partial charge in [-0.1, -0.05) is 5.16 Å². The van der Waals surface area contributed by atoms with Crippen molar-refractivity contribution in [2.24, 2.45) is 0 Å². The third-order valence-electron chi connectivity index (χ3n) is 4.07. The number of amides is 1. The summed E-state index contributed by atoms with van der Waals surface area (Å²) in [5, 5.41) is 4.06. The molecule has 0 spiro atoms. The highest BCUT2D eigenvalue weighted by Crippen LogP contribution is 2.30. The molecule has 0 radical (unpaired) electrons. The lowest BCUT2D eigenvalue weighted by Gasteiger charge is -2.26. The number of hydrogen-bond donors (Lipinski definition) is 0. The van der Waals surface area contributed by atoms with Crippen LogP contribution in [0.25, 0.3) is 11.3 Å². The fraction of sp³-hybridized carbons (Fsp3) is 0.353. The van der Waals surface area contributed by atoms with E-state index in [1.54, 1.807) is 17.0 Å². The Kier molecular flexibility index (Phi) is 4.59. The molecule has 3 rings (SSSR count). The van der Waals surface area contributed by atoms with E-state index in [2.05, 4.69) is 9.89 Å². The van der Waals surface area contributed by atoms with Gasteiger partial charge in [0.1, 0.15) is 5.82 Å². The first kappa shape index (κ1) is 16.2. The summed E-state index contributed by atoms with van der Waals surface area (Å²) in [5.41, 5.74) is 2.36. The van der Waals surface area contributed by atoms with Crippen LogP contribution < -0.4 is 0 Å². The van der Waals surface area contributed by atoms with Crippen LogP contribution in [0.4, 0.5) is 4.39 Å². The lowest BCUT2D eigenvalue weighted by atomic mass is 10.0. The lowest BCUT2D eigenvalue weighted by molar-refractivity contribution is -0.143. The molecule has 2 aromatic rings. The zero-order valence-electron chi connectivity index (χ0n) is 13.3. The normalized spacial score (nSPS) is 13.5. The third kappa shape index (κ3) is 3.29. The van der Waals surface area contributed by atoms with Crippen molar-refractivity contribution in [2.45, 2.75) is 25.8 Å². The molecule has 0 saturated carbocycles. The predicted molar refractivity (Wildman–Crippen MR) is 82.3 cm³/mol. The van der Waals surface area contributed by atoms with Gasteiger partial charge in [0.2, 0.25) is 5.91 Å². The molecule has 0 fully saturated rings. The van der Waals surface area contributed by atoms with E-state index in [0.29, 0.717) is 30.8 Å². The quantitative estimate of drug-likeness (QED) is 0.804. The number of hydrogen-bond acceptors (Lipinski definition) is 5. The zero-order chi connectivity index (χ0) is 17.1. The van der Waals surface area contributed by atoms with E-state index in [0.717, 1.165) is 11.3 Å². The molecule has 24 heavy (non-hydrogen) atoms. The zero-order valence-corrected chi connectivity index (χ0v) is 13.3. The summed E-state index contributed by atoms with van der Waals surface area (Å²) in [6.45, 7) is 0.897. The highest BCUT2D eigenvalue weighted by atomic mass is 19.1. The summed E-state index contributed by atoms with van der Waals surface area (Å²) in [4.78, 5) is 25.1. The molecule has 7 heteroatoms. The van der Waals surface area contributed by atoms with Gasteiger partial charge in [-0.05, 0) is 24.3 Å². The number of aromatic nitrogens is 1. The number of ether oxygens (including phenoxy) is 1. The van der Waals surface area contributed by atoms with E-state index in [4.69, 9.17) is 4.52 Å². The number of carbonyl (C=O) groups is 2. The van der Waals surface area contributed by atoms with Crippen molar-refractivity contribution in [3.05, 3.63) is 41.3 Å². The number of halogens is 1. The van der Waals surface area contributed by atoms with Crippen molar-refractivity contribution in [3.63, 3.8) is 0 Å². The maximum Gasteiger partial charge on any atom is 0.306 e. The molecule has 6 nitrogen and oxygen atoms in total. The van der Waals surface area contributed by atoms with Crippen LogP contribution in [-0.2, 0) is 27.3 Å². The first-order chi connectivity index (χ1) is 11.6. The maximum atomic E-state index is 13.1. The Balaban J connectivity index is 1.75. The van der Waals surface area contributed by atoms with Crippen molar-refractivity contribution in [1.82, 2.24) is 10.1 Å². The van der Waals surface area contributed by atoms with Crippen LogP contribution in [-0.4, -0.2) is 35.6 Å². The van der Waals surface area contributed by atoms with E-state index >= 15 is 0 Å². The third-order valence-corrected chi connectivity index (χ3v) is 4.07. The minimum atomic E-state index is -0.405. The molecule has 126 valence electrons. The van der Waals surface area contributed by atoms with Crippen molar-refractivity contribution in [3.8, 4) is 11.3 Å². The van der Waals surface area contributed by atoms with Gasteiger partial charge in [0, 0.05) is 30.5 Å². The minimum absolute atomic E-state index is 0.0626. The summed E-state index contributed by atoms with van der Waals surface area (Å²) in [7, 11) is 1.30. The molecule has 1 aliphatic rings. The van der Waals surface area contributed by atoms with Crippen LogP contribution in [0, 0.1) is 5.82 Å². The molecule has 1 aromatic carbocycles. The van der Waals surface area contributed by atoms with E-state index in [1.165, 1.54) is 19.2 Å². The fourth-order valence-corrected chi connectivity index (χ4v) is 2.72. The molecule has 0 bridgehead atoms. The number of fused-ring (bicyclic) bond motifs is 1. The van der Waals surface area contributed by atoms with E-state index < -0.39 is 5.97 Å². The maximum absolute atomic E-state index is 13.1. The van der Waals surface area contributed by atoms with Crippen LogP contribution in [0.3, 0.4) is 0 Å². The summed E-state index contributed by atoms with van der Waals surface area (Å²) in [6.07, 6.45) is 0.760. The number of benzene rings is 1. The number of methoxy groups -OCH3 is 1. The topological polar surface area (TPSA) is 72.6 Å². The standard InChI is InChI=1S/C17H17FN2O4/c1-23-16(22)7-6-15(21)20-9-8-14-13(10-20)17(24-19-14)11-2-4-12(18)5-3-11/h2-5H,6-10H2,1H3. The van der Waals surface area contributed by atoms with Crippen molar-refractivity contribution in [1.29, 1.82) is 0 Å². The second-order valence-electron chi connectivity index (χ2n) is 5.59. The molecule has 1 aliphatic heterocycles. The fourth-order valence-electron chi connectivity index (χ4n) is 2.72. The van der Waals surface area contributed by atoms with E-state index in [-0.39, 0.29) is 24.6 Å². The smallest absolute Gasteiger partial charge is 0.306 e.